The van der Waals surface area contributed by atoms with Crippen molar-refractivity contribution < 1.29 is 0 Å². The van der Waals surface area contributed by atoms with Crippen LogP contribution < -0.4 is 0 Å². The van der Waals surface area contributed by atoms with Gasteiger partial charge < -0.3 is 0 Å². The summed E-state index contributed by atoms with van der Waals surface area (Å²) in [5, 5.41) is 0.258. The van der Waals surface area contributed by atoms with Crippen LogP contribution in [0.1, 0.15) is 32.1 Å². The van der Waals surface area contributed by atoms with Crippen molar-refractivity contribution in [2.24, 2.45) is 5.41 Å². The van der Waals surface area contributed by atoms with Crippen molar-refractivity contribution in [1.29, 1.82) is 0 Å². The van der Waals surface area contributed by atoms with Crippen LogP contribution in [-0.2, 0) is 6.42 Å². The quantitative estimate of drug-likeness (QED) is 0.678. The fourth-order valence-electron chi connectivity index (χ4n) is 1.75. The fourth-order valence-corrected chi connectivity index (χ4v) is 3.91. The summed E-state index contributed by atoms with van der Waals surface area (Å²) in [6.07, 6.45) is 2.17. The van der Waals surface area contributed by atoms with Crippen LogP contribution in [0.25, 0.3) is 0 Å². The van der Waals surface area contributed by atoms with Crippen molar-refractivity contribution in [2.75, 3.05) is 0 Å². The number of rotatable bonds is 4. The second-order valence-electron chi connectivity index (χ2n) is 4.53. The van der Waals surface area contributed by atoms with Crippen LogP contribution in [0.5, 0.6) is 0 Å². The summed E-state index contributed by atoms with van der Waals surface area (Å²) in [6.45, 7) is 6.62. The molecule has 1 aromatic heterocycles. The van der Waals surface area contributed by atoms with Gasteiger partial charge in [0.15, 0.2) is 0 Å². The molecule has 14 heavy (non-hydrogen) atoms. The van der Waals surface area contributed by atoms with Gasteiger partial charge in [-0.3, -0.25) is 0 Å². The van der Waals surface area contributed by atoms with Crippen LogP contribution in [0.3, 0.4) is 0 Å². The highest BCUT2D eigenvalue weighted by Crippen LogP contribution is 2.33. The monoisotopic (exact) mass is 294 g/mol. The maximum absolute atomic E-state index is 6.03. The molecule has 1 rings (SSSR count). The van der Waals surface area contributed by atoms with Gasteiger partial charge in [-0.1, -0.05) is 13.8 Å². The van der Waals surface area contributed by atoms with Gasteiger partial charge in [0.25, 0.3) is 0 Å². The van der Waals surface area contributed by atoms with Gasteiger partial charge in [-0.2, -0.15) is 0 Å². The number of thiophene rings is 1. The van der Waals surface area contributed by atoms with Crippen molar-refractivity contribution in [3.63, 3.8) is 0 Å². The van der Waals surface area contributed by atoms with Gasteiger partial charge in [0.2, 0.25) is 0 Å². The zero-order valence-corrected chi connectivity index (χ0v) is 12.0. The molecular formula is C11H16BrClS. The molecule has 0 aliphatic heterocycles. The van der Waals surface area contributed by atoms with Crippen LogP contribution in [-0.4, -0.2) is 5.38 Å². The fraction of sp³-hybridized carbons (Fsp3) is 0.636. The third-order valence-corrected chi connectivity index (χ3v) is 3.89. The van der Waals surface area contributed by atoms with E-state index in [-0.39, 0.29) is 5.38 Å². The third kappa shape index (κ3) is 4.33. The van der Waals surface area contributed by atoms with Crippen LogP contribution in [0, 0.1) is 5.41 Å². The number of alkyl halides is 1. The van der Waals surface area contributed by atoms with Gasteiger partial charge in [-0.25, -0.2) is 0 Å². The molecule has 1 unspecified atom stereocenters. The Bertz CT molecular complexity index is 291. The summed E-state index contributed by atoms with van der Waals surface area (Å²) in [5.74, 6) is 0. The molecule has 0 bridgehead atoms. The largest absolute Gasteiger partial charge is 0.133 e. The molecule has 0 spiro atoms. The molecule has 0 saturated carbocycles. The van der Waals surface area contributed by atoms with Gasteiger partial charge in [0, 0.05) is 10.3 Å². The van der Waals surface area contributed by atoms with Crippen molar-refractivity contribution in [1.82, 2.24) is 0 Å². The predicted molar refractivity (Wildman–Crippen MR) is 69.4 cm³/mol. The molecule has 1 heterocycles. The Hall–Kier alpha value is 0.470. The molecule has 3 heteroatoms. The first-order chi connectivity index (χ1) is 6.39. The molecular weight excluding hydrogens is 280 g/mol. The van der Waals surface area contributed by atoms with Crippen LogP contribution in [0.15, 0.2) is 15.9 Å². The second kappa shape index (κ2) is 5.00. The van der Waals surface area contributed by atoms with Gasteiger partial charge in [0.1, 0.15) is 0 Å². The lowest BCUT2D eigenvalue weighted by Crippen LogP contribution is -2.18. The number of hydrogen-bond acceptors (Lipinski definition) is 1. The molecule has 0 aromatic carbocycles. The highest BCUT2D eigenvalue weighted by atomic mass is 79.9. The Kier molecular flexibility index (Phi) is 4.48. The average Bonchev–Trinajstić information content (AvgIpc) is 2.30. The zero-order chi connectivity index (χ0) is 10.8. The molecule has 1 aromatic rings. The first-order valence-electron chi connectivity index (χ1n) is 4.77. The molecule has 1 atom stereocenters. The van der Waals surface area contributed by atoms with Crippen LogP contribution >= 0.6 is 38.9 Å². The number of halogens is 2. The second-order valence-corrected chi connectivity index (χ2v) is 7.82. The SMILES string of the molecule is CC(Cl)CC(C)(C)Cc1ccc(Br)s1. The summed E-state index contributed by atoms with van der Waals surface area (Å²) in [7, 11) is 0. The minimum Gasteiger partial charge on any atom is -0.133 e. The van der Waals surface area contributed by atoms with E-state index in [4.69, 9.17) is 11.6 Å². The van der Waals surface area contributed by atoms with Gasteiger partial charge >= 0.3 is 0 Å². The van der Waals surface area contributed by atoms with Gasteiger partial charge in [-0.05, 0) is 53.2 Å². The topological polar surface area (TPSA) is 0 Å². The molecule has 0 N–H and O–H groups in total. The van der Waals surface area contributed by atoms with Crippen molar-refractivity contribution >= 4 is 38.9 Å². The third-order valence-electron chi connectivity index (χ3n) is 2.12. The molecule has 0 radical (unpaired) electrons. The number of hydrogen-bond donors (Lipinski definition) is 0. The summed E-state index contributed by atoms with van der Waals surface area (Å²) >= 11 is 11.3. The van der Waals surface area contributed by atoms with Crippen LogP contribution in [0.2, 0.25) is 0 Å². The summed E-state index contributed by atoms with van der Waals surface area (Å²) in [6, 6.07) is 4.30. The Morgan fingerprint density at radius 1 is 1.50 bits per heavy atom. The summed E-state index contributed by atoms with van der Waals surface area (Å²) in [5.41, 5.74) is 0.297. The minimum absolute atomic E-state index is 0.258. The van der Waals surface area contributed by atoms with E-state index in [1.165, 1.54) is 8.66 Å². The lowest BCUT2D eigenvalue weighted by Gasteiger charge is -2.25. The summed E-state index contributed by atoms with van der Waals surface area (Å²) in [4.78, 5) is 1.43. The zero-order valence-electron chi connectivity index (χ0n) is 8.81. The van der Waals surface area contributed by atoms with E-state index in [2.05, 4.69) is 48.8 Å². The Balaban J connectivity index is 2.58. The van der Waals surface area contributed by atoms with Crippen molar-refractivity contribution in [3.8, 4) is 0 Å². The highest BCUT2D eigenvalue weighted by molar-refractivity contribution is 9.11. The highest BCUT2D eigenvalue weighted by Gasteiger charge is 2.21. The van der Waals surface area contributed by atoms with Gasteiger partial charge in [0.05, 0.1) is 3.79 Å². The smallest absolute Gasteiger partial charge is 0.0701 e. The molecule has 80 valence electrons. The molecule has 0 aliphatic rings. The molecule has 0 nitrogen and oxygen atoms in total. The first-order valence-corrected chi connectivity index (χ1v) is 6.82. The maximum atomic E-state index is 6.03. The standard InChI is InChI=1S/C11H16BrClS/c1-8(13)6-11(2,3)7-9-4-5-10(12)14-9/h4-5,8H,6-7H2,1-3H3. The van der Waals surface area contributed by atoms with E-state index in [9.17, 15) is 0 Å². The molecule has 0 fully saturated rings. The first kappa shape index (κ1) is 12.5. The van der Waals surface area contributed by atoms with Crippen molar-refractivity contribution in [3.05, 3.63) is 20.8 Å². The summed E-state index contributed by atoms with van der Waals surface area (Å²) < 4.78 is 1.21. The molecule has 0 aliphatic carbocycles. The van der Waals surface area contributed by atoms with E-state index < -0.39 is 0 Å². The van der Waals surface area contributed by atoms with Gasteiger partial charge in [-0.15, -0.1) is 22.9 Å². The van der Waals surface area contributed by atoms with Crippen molar-refractivity contribution in [2.45, 2.75) is 39.0 Å². The normalized spacial score (nSPS) is 14.4. The Morgan fingerprint density at radius 2 is 2.14 bits per heavy atom. The maximum Gasteiger partial charge on any atom is 0.0701 e. The predicted octanol–water partition coefficient (Wildman–Crippen LogP) is 5.10. The lowest BCUT2D eigenvalue weighted by molar-refractivity contribution is 0.334. The molecule has 0 amide bonds. The van der Waals surface area contributed by atoms with E-state index in [1.807, 2.05) is 11.3 Å². The van der Waals surface area contributed by atoms with E-state index in [0.717, 1.165) is 12.8 Å². The minimum atomic E-state index is 0.258. The Labute approximate surface area is 104 Å². The average molecular weight is 296 g/mol. The van der Waals surface area contributed by atoms with Crippen LogP contribution in [0.4, 0.5) is 0 Å². The Morgan fingerprint density at radius 3 is 2.57 bits per heavy atom. The van der Waals surface area contributed by atoms with E-state index in [1.54, 1.807) is 0 Å². The lowest BCUT2D eigenvalue weighted by atomic mass is 9.84. The molecule has 0 saturated heterocycles. The van der Waals surface area contributed by atoms with E-state index >= 15 is 0 Å². The van der Waals surface area contributed by atoms with E-state index in [0.29, 0.717) is 5.41 Å².